The van der Waals surface area contributed by atoms with Gasteiger partial charge in [-0.3, -0.25) is 4.79 Å². The Balaban J connectivity index is 1.55. The highest BCUT2D eigenvalue weighted by molar-refractivity contribution is 5.95. The number of aromatic nitrogens is 1. The maximum atomic E-state index is 13.0. The zero-order valence-corrected chi connectivity index (χ0v) is 14.4. The molecule has 1 saturated carbocycles. The van der Waals surface area contributed by atoms with Gasteiger partial charge in [0.25, 0.3) is 5.91 Å². The van der Waals surface area contributed by atoms with Gasteiger partial charge in [-0.1, -0.05) is 42.5 Å². The largest absolute Gasteiger partial charge is 0.353 e. The van der Waals surface area contributed by atoms with Crippen LogP contribution in [-0.2, 0) is 13.6 Å². The summed E-state index contributed by atoms with van der Waals surface area (Å²) in [6.45, 7) is 0.674. The molecule has 0 atom stereocenters. The fourth-order valence-corrected chi connectivity index (χ4v) is 3.19. The highest BCUT2D eigenvalue weighted by Gasteiger charge is 2.33. The number of nitrogens with zero attached hydrogens (tertiary/aromatic N) is 2. The van der Waals surface area contributed by atoms with Crippen molar-refractivity contribution < 1.29 is 4.79 Å². The van der Waals surface area contributed by atoms with Crippen LogP contribution in [0.15, 0.2) is 72.9 Å². The molecule has 0 saturated heterocycles. The fourth-order valence-electron chi connectivity index (χ4n) is 3.19. The van der Waals surface area contributed by atoms with Gasteiger partial charge in [0.2, 0.25) is 0 Å². The molecule has 4 rings (SSSR count). The van der Waals surface area contributed by atoms with Crippen LogP contribution in [0.2, 0.25) is 0 Å². The van der Waals surface area contributed by atoms with Crippen molar-refractivity contribution in [1.82, 2.24) is 9.47 Å². The summed E-state index contributed by atoms with van der Waals surface area (Å²) in [5.74, 6) is 0.128. The summed E-state index contributed by atoms with van der Waals surface area (Å²) < 4.78 is 2.08. The first-order chi connectivity index (χ1) is 12.2. The number of carbonyl (C=O) groups excluding carboxylic acids is 1. The lowest BCUT2D eigenvalue weighted by molar-refractivity contribution is 0.0726. The maximum absolute atomic E-state index is 13.0. The maximum Gasteiger partial charge on any atom is 0.254 e. The van der Waals surface area contributed by atoms with Crippen molar-refractivity contribution in [3.8, 4) is 11.1 Å². The number of rotatable bonds is 5. The highest BCUT2D eigenvalue weighted by Crippen LogP contribution is 2.30. The second kappa shape index (κ2) is 6.60. The lowest BCUT2D eigenvalue weighted by atomic mass is 10.0. The van der Waals surface area contributed by atoms with E-state index in [1.54, 1.807) is 0 Å². The van der Waals surface area contributed by atoms with Crippen LogP contribution in [0.3, 0.4) is 0 Å². The van der Waals surface area contributed by atoms with Crippen molar-refractivity contribution in [2.75, 3.05) is 0 Å². The molecule has 1 heterocycles. The molecule has 1 amide bonds. The third-order valence-corrected chi connectivity index (χ3v) is 4.87. The molecule has 1 aliphatic carbocycles. The third kappa shape index (κ3) is 3.36. The molecule has 0 radical (unpaired) electrons. The van der Waals surface area contributed by atoms with Crippen LogP contribution in [0.4, 0.5) is 0 Å². The number of amides is 1. The van der Waals surface area contributed by atoms with Crippen LogP contribution < -0.4 is 0 Å². The Kier molecular flexibility index (Phi) is 4.14. The topological polar surface area (TPSA) is 25.2 Å². The normalized spacial score (nSPS) is 13.6. The van der Waals surface area contributed by atoms with E-state index in [9.17, 15) is 4.79 Å². The number of hydrogen-bond donors (Lipinski definition) is 0. The molecule has 1 aliphatic rings. The first-order valence-corrected chi connectivity index (χ1v) is 8.79. The predicted molar refractivity (Wildman–Crippen MR) is 100 cm³/mol. The summed E-state index contributed by atoms with van der Waals surface area (Å²) in [7, 11) is 2.03. The quantitative estimate of drug-likeness (QED) is 0.676. The van der Waals surface area contributed by atoms with Gasteiger partial charge in [-0.15, -0.1) is 0 Å². The van der Waals surface area contributed by atoms with Gasteiger partial charge in [0, 0.05) is 30.5 Å². The Morgan fingerprint density at radius 1 is 0.960 bits per heavy atom. The molecule has 3 heteroatoms. The van der Waals surface area contributed by atoms with Crippen LogP contribution >= 0.6 is 0 Å². The molecule has 2 aromatic carbocycles. The van der Waals surface area contributed by atoms with Gasteiger partial charge >= 0.3 is 0 Å². The first kappa shape index (κ1) is 15.7. The summed E-state index contributed by atoms with van der Waals surface area (Å²) in [4.78, 5) is 15.0. The van der Waals surface area contributed by atoms with Crippen molar-refractivity contribution in [2.45, 2.75) is 25.4 Å². The summed E-state index contributed by atoms with van der Waals surface area (Å²) in [5, 5.41) is 0. The van der Waals surface area contributed by atoms with Crippen molar-refractivity contribution in [2.24, 2.45) is 7.05 Å². The third-order valence-electron chi connectivity index (χ3n) is 4.87. The molecular weight excluding hydrogens is 308 g/mol. The zero-order valence-electron chi connectivity index (χ0n) is 14.4. The Morgan fingerprint density at radius 3 is 2.24 bits per heavy atom. The van der Waals surface area contributed by atoms with E-state index in [1.165, 1.54) is 11.3 Å². The standard InChI is InChI=1S/C22H22N2O/c1-23-15-5-8-21(23)16-24(20-13-14-20)22(25)19-11-9-18(10-12-19)17-6-3-2-4-7-17/h2-12,15,20H,13-14,16H2,1H3. The van der Waals surface area contributed by atoms with Gasteiger partial charge < -0.3 is 9.47 Å². The summed E-state index contributed by atoms with van der Waals surface area (Å²) in [6.07, 6.45) is 4.25. The number of carbonyl (C=O) groups is 1. The van der Waals surface area contributed by atoms with E-state index in [2.05, 4.69) is 22.8 Å². The molecule has 126 valence electrons. The Morgan fingerprint density at radius 2 is 1.64 bits per heavy atom. The molecular formula is C22H22N2O. The van der Waals surface area contributed by atoms with E-state index < -0.39 is 0 Å². The Bertz CT molecular complexity index is 861. The van der Waals surface area contributed by atoms with Gasteiger partial charge in [-0.2, -0.15) is 0 Å². The number of benzene rings is 2. The van der Waals surface area contributed by atoms with Gasteiger partial charge in [0.1, 0.15) is 0 Å². The summed E-state index contributed by atoms with van der Waals surface area (Å²) in [6, 6.07) is 22.7. The van der Waals surface area contributed by atoms with Crippen LogP contribution in [-0.4, -0.2) is 21.4 Å². The monoisotopic (exact) mass is 330 g/mol. The molecule has 1 aromatic heterocycles. The van der Waals surface area contributed by atoms with E-state index in [0.717, 1.165) is 24.0 Å². The molecule has 25 heavy (non-hydrogen) atoms. The summed E-state index contributed by atoms with van der Waals surface area (Å²) in [5.41, 5.74) is 4.24. The fraction of sp³-hybridized carbons (Fsp3) is 0.227. The lowest BCUT2D eigenvalue weighted by Crippen LogP contribution is -2.33. The van der Waals surface area contributed by atoms with E-state index >= 15 is 0 Å². The highest BCUT2D eigenvalue weighted by atomic mass is 16.2. The van der Waals surface area contributed by atoms with E-state index in [0.29, 0.717) is 12.6 Å². The molecule has 0 bridgehead atoms. The van der Waals surface area contributed by atoms with Crippen molar-refractivity contribution in [3.05, 3.63) is 84.2 Å². The average molecular weight is 330 g/mol. The van der Waals surface area contributed by atoms with Gasteiger partial charge in [-0.25, -0.2) is 0 Å². The average Bonchev–Trinajstić information content (AvgIpc) is 3.42. The Hall–Kier alpha value is -2.81. The molecule has 0 N–H and O–H groups in total. The van der Waals surface area contributed by atoms with Crippen LogP contribution in [0.5, 0.6) is 0 Å². The van der Waals surface area contributed by atoms with Crippen molar-refractivity contribution >= 4 is 5.91 Å². The zero-order chi connectivity index (χ0) is 17.2. The molecule has 0 unspecified atom stereocenters. The van der Waals surface area contributed by atoms with Gasteiger partial charge in [0.05, 0.1) is 6.54 Å². The first-order valence-electron chi connectivity index (χ1n) is 8.79. The summed E-state index contributed by atoms with van der Waals surface area (Å²) >= 11 is 0. The molecule has 0 aliphatic heterocycles. The number of hydrogen-bond acceptors (Lipinski definition) is 1. The SMILES string of the molecule is Cn1cccc1CN(C(=O)c1ccc(-c2ccccc2)cc1)C1CC1. The molecule has 1 fully saturated rings. The molecule has 3 aromatic rings. The van der Waals surface area contributed by atoms with Crippen LogP contribution in [0.25, 0.3) is 11.1 Å². The second-order valence-corrected chi connectivity index (χ2v) is 6.72. The Labute approximate surface area is 148 Å². The van der Waals surface area contributed by atoms with E-state index in [-0.39, 0.29) is 5.91 Å². The van der Waals surface area contributed by atoms with Crippen LogP contribution in [0, 0.1) is 0 Å². The van der Waals surface area contributed by atoms with E-state index in [1.807, 2.05) is 66.7 Å². The minimum atomic E-state index is 0.128. The second-order valence-electron chi connectivity index (χ2n) is 6.72. The van der Waals surface area contributed by atoms with Gasteiger partial charge in [0.15, 0.2) is 0 Å². The molecule has 0 spiro atoms. The van der Waals surface area contributed by atoms with Crippen molar-refractivity contribution in [3.63, 3.8) is 0 Å². The van der Waals surface area contributed by atoms with Crippen LogP contribution in [0.1, 0.15) is 28.9 Å². The number of aryl methyl sites for hydroxylation is 1. The minimum Gasteiger partial charge on any atom is -0.353 e. The minimum absolute atomic E-state index is 0.128. The van der Waals surface area contributed by atoms with Crippen molar-refractivity contribution in [1.29, 1.82) is 0 Å². The van der Waals surface area contributed by atoms with Gasteiger partial charge in [-0.05, 0) is 48.2 Å². The van der Waals surface area contributed by atoms with E-state index in [4.69, 9.17) is 0 Å². The lowest BCUT2D eigenvalue weighted by Gasteiger charge is -2.23. The molecule has 3 nitrogen and oxygen atoms in total. The smallest absolute Gasteiger partial charge is 0.254 e. The predicted octanol–water partition coefficient (Wildman–Crippen LogP) is 4.50.